The Morgan fingerprint density at radius 3 is 2.08 bits per heavy atom. The Hall–Kier alpha value is -1.06. The molecule has 0 aromatic rings. The molecule has 0 heterocycles. The first kappa shape index (κ1) is 7.58. The Morgan fingerprint density at radius 1 is 1.25 bits per heavy atom. The lowest BCUT2D eigenvalue weighted by Crippen LogP contribution is -2.70. The third kappa shape index (κ3) is 0.589. The molecule has 0 atom stereocenters. The maximum absolute atomic E-state index is 11.2. The second kappa shape index (κ2) is 1.81. The molecule has 3 aliphatic rings. The van der Waals surface area contributed by atoms with Crippen molar-refractivity contribution in [2.45, 2.75) is 19.3 Å². The fourth-order valence-electron chi connectivity index (χ4n) is 2.52. The molecule has 0 spiro atoms. The standard InChI is InChI=1S/C8H11NO3/c1-9-5(10)7-2-8(3-7,4-7)6(11)12/h2-4H2,1H3,(H,9,10)(H,11,12). The lowest BCUT2D eigenvalue weighted by molar-refractivity contribution is -0.220. The van der Waals surface area contributed by atoms with Gasteiger partial charge in [-0.15, -0.1) is 0 Å². The molecule has 4 heteroatoms. The first-order valence-corrected chi connectivity index (χ1v) is 4.00. The number of hydrogen-bond acceptors (Lipinski definition) is 2. The van der Waals surface area contributed by atoms with Crippen molar-refractivity contribution in [1.82, 2.24) is 5.32 Å². The molecule has 3 saturated carbocycles. The van der Waals surface area contributed by atoms with E-state index < -0.39 is 11.4 Å². The van der Waals surface area contributed by atoms with Crippen LogP contribution in [0.2, 0.25) is 0 Å². The number of rotatable bonds is 2. The summed E-state index contributed by atoms with van der Waals surface area (Å²) in [6, 6.07) is 0. The van der Waals surface area contributed by atoms with Crippen LogP contribution >= 0.6 is 0 Å². The van der Waals surface area contributed by atoms with Gasteiger partial charge in [0.2, 0.25) is 5.91 Å². The Labute approximate surface area is 69.9 Å². The van der Waals surface area contributed by atoms with Gasteiger partial charge in [-0.25, -0.2) is 0 Å². The molecule has 12 heavy (non-hydrogen) atoms. The van der Waals surface area contributed by atoms with Crippen LogP contribution < -0.4 is 5.32 Å². The predicted octanol–water partition coefficient (Wildman–Crippen LogP) is -0.0127. The lowest BCUT2D eigenvalue weighted by Gasteiger charge is -2.66. The van der Waals surface area contributed by atoms with Crippen LogP contribution in [0.3, 0.4) is 0 Å². The number of carboxylic acid groups (broad SMARTS) is 1. The third-order valence-electron chi connectivity index (χ3n) is 3.19. The highest BCUT2D eigenvalue weighted by Gasteiger charge is 2.75. The minimum Gasteiger partial charge on any atom is -0.481 e. The Morgan fingerprint density at radius 2 is 1.75 bits per heavy atom. The fraction of sp³-hybridized carbons (Fsp3) is 0.750. The third-order valence-corrected chi connectivity index (χ3v) is 3.19. The van der Waals surface area contributed by atoms with Crippen LogP contribution in [0.1, 0.15) is 19.3 Å². The number of carbonyl (C=O) groups excluding carboxylic acids is 1. The normalized spacial score (nSPS) is 42.4. The summed E-state index contributed by atoms with van der Waals surface area (Å²) in [5, 5.41) is 11.3. The zero-order valence-corrected chi connectivity index (χ0v) is 6.89. The molecule has 2 N–H and O–H groups in total. The summed E-state index contributed by atoms with van der Waals surface area (Å²) in [7, 11) is 1.59. The predicted molar refractivity (Wildman–Crippen MR) is 40.4 cm³/mol. The van der Waals surface area contributed by atoms with Gasteiger partial charge in [0, 0.05) is 7.05 Å². The number of carbonyl (C=O) groups is 2. The summed E-state index contributed by atoms with van der Waals surface area (Å²) in [4.78, 5) is 21.9. The van der Waals surface area contributed by atoms with Gasteiger partial charge >= 0.3 is 5.97 Å². The molecule has 0 unspecified atom stereocenters. The lowest BCUT2D eigenvalue weighted by atomic mass is 9.35. The molecule has 3 aliphatic carbocycles. The average molecular weight is 169 g/mol. The van der Waals surface area contributed by atoms with Crippen LogP contribution in [-0.4, -0.2) is 24.0 Å². The molecule has 0 aliphatic heterocycles. The first-order valence-electron chi connectivity index (χ1n) is 4.00. The van der Waals surface area contributed by atoms with Gasteiger partial charge in [-0.05, 0) is 19.3 Å². The molecule has 4 nitrogen and oxygen atoms in total. The Bertz CT molecular complexity index is 252. The van der Waals surface area contributed by atoms with Crippen LogP contribution in [0.25, 0.3) is 0 Å². The number of carboxylic acids is 1. The Kier molecular flexibility index (Phi) is 1.14. The molecule has 3 rings (SSSR count). The van der Waals surface area contributed by atoms with E-state index in [1.165, 1.54) is 0 Å². The van der Waals surface area contributed by atoms with E-state index in [1.54, 1.807) is 7.05 Å². The highest BCUT2D eigenvalue weighted by molar-refractivity contribution is 5.93. The summed E-state index contributed by atoms with van der Waals surface area (Å²) < 4.78 is 0. The largest absolute Gasteiger partial charge is 0.481 e. The van der Waals surface area contributed by atoms with E-state index in [2.05, 4.69) is 5.32 Å². The fourth-order valence-corrected chi connectivity index (χ4v) is 2.52. The van der Waals surface area contributed by atoms with Crippen molar-refractivity contribution < 1.29 is 14.7 Å². The van der Waals surface area contributed by atoms with Gasteiger partial charge in [-0.3, -0.25) is 9.59 Å². The van der Waals surface area contributed by atoms with Gasteiger partial charge in [-0.2, -0.15) is 0 Å². The van der Waals surface area contributed by atoms with Crippen LogP contribution in [-0.2, 0) is 9.59 Å². The summed E-state index contributed by atoms with van der Waals surface area (Å²) in [6.45, 7) is 0. The highest BCUT2D eigenvalue weighted by atomic mass is 16.4. The van der Waals surface area contributed by atoms with Gasteiger partial charge in [0.15, 0.2) is 0 Å². The zero-order chi connectivity index (χ0) is 8.98. The van der Waals surface area contributed by atoms with Crippen molar-refractivity contribution in [1.29, 1.82) is 0 Å². The van der Waals surface area contributed by atoms with E-state index in [0.29, 0.717) is 19.3 Å². The van der Waals surface area contributed by atoms with Gasteiger partial charge in [0.1, 0.15) is 0 Å². The molecule has 2 bridgehead atoms. The average Bonchev–Trinajstić information content (AvgIpc) is 1.80. The zero-order valence-electron chi connectivity index (χ0n) is 6.89. The van der Waals surface area contributed by atoms with E-state index in [9.17, 15) is 9.59 Å². The highest BCUT2D eigenvalue weighted by Crippen LogP contribution is 2.73. The SMILES string of the molecule is CNC(=O)C12CC(C(=O)O)(C1)C2. The number of amides is 1. The summed E-state index contributed by atoms with van der Waals surface area (Å²) in [5.41, 5.74) is -0.848. The quantitative estimate of drug-likeness (QED) is 0.610. The summed E-state index contributed by atoms with van der Waals surface area (Å²) in [6.07, 6.45) is 1.61. The van der Waals surface area contributed by atoms with Crippen molar-refractivity contribution in [2.24, 2.45) is 10.8 Å². The minimum atomic E-state index is -0.742. The summed E-state index contributed by atoms with van der Waals surface area (Å²) >= 11 is 0. The molecule has 0 aromatic carbocycles. The minimum absolute atomic E-state index is 0.00521. The van der Waals surface area contributed by atoms with Gasteiger partial charge < -0.3 is 10.4 Å². The van der Waals surface area contributed by atoms with Crippen LogP contribution in [0.5, 0.6) is 0 Å². The maximum Gasteiger partial charge on any atom is 0.309 e. The molecule has 3 fully saturated rings. The molecule has 1 amide bonds. The number of hydrogen-bond donors (Lipinski definition) is 2. The molecule has 0 saturated heterocycles. The topological polar surface area (TPSA) is 66.4 Å². The van der Waals surface area contributed by atoms with Crippen molar-refractivity contribution >= 4 is 11.9 Å². The molecule has 0 radical (unpaired) electrons. The maximum atomic E-state index is 11.2. The number of aliphatic carboxylic acids is 1. The van der Waals surface area contributed by atoms with Crippen LogP contribution in [0, 0.1) is 10.8 Å². The van der Waals surface area contributed by atoms with Crippen molar-refractivity contribution in [3.05, 3.63) is 0 Å². The van der Waals surface area contributed by atoms with Crippen LogP contribution in [0.15, 0.2) is 0 Å². The Balaban J connectivity index is 2.04. The molecule has 0 aromatic heterocycles. The second-order valence-electron chi connectivity index (χ2n) is 3.98. The van der Waals surface area contributed by atoms with E-state index in [-0.39, 0.29) is 11.3 Å². The second-order valence-corrected chi connectivity index (χ2v) is 3.98. The van der Waals surface area contributed by atoms with Gasteiger partial charge in [-0.1, -0.05) is 0 Å². The summed E-state index contributed by atoms with van der Waals surface area (Å²) in [5.74, 6) is -0.737. The number of nitrogens with one attached hydrogen (secondary N) is 1. The van der Waals surface area contributed by atoms with Gasteiger partial charge in [0.05, 0.1) is 10.8 Å². The molecular weight excluding hydrogens is 158 g/mol. The van der Waals surface area contributed by atoms with Crippen molar-refractivity contribution in [2.75, 3.05) is 7.05 Å². The van der Waals surface area contributed by atoms with Crippen molar-refractivity contribution in [3.63, 3.8) is 0 Å². The van der Waals surface area contributed by atoms with Crippen LogP contribution in [0.4, 0.5) is 0 Å². The van der Waals surface area contributed by atoms with E-state index in [4.69, 9.17) is 5.11 Å². The van der Waals surface area contributed by atoms with Gasteiger partial charge in [0.25, 0.3) is 0 Å². The van der Waals surface area contributed by atoms with E-state index in [1.807, 2.05) is 0 Å². The van der Waals surface area contributed by atoms with E-state index >= 15 is 0 Å². The molecular formula is C8H11NO3. The van der Waals surface area contributed by atoms with E-state index in [0.717, 1.165) is 0 Å². The molecule has 66 valence electrons. The monoisotopic (exact) mass is 169 g/mol. The van der Waals surface area contributed by atoms with Crippen molar-refractivity contribution in [3.8, 4) is 0 Å². The first-order chi connectivity index (χ1) is 5.55. The smallest absolute Gasteiger partial charge is 0.309 e.